The second kappa shape index (κ2) is 10.9. The van der Waals surface area contributed by atoms with Crippen LogP contribution in [0.1, 0.15) is 33.3 Å². The summed E-state index contributed by atoms with van der Waals surface area (Å²) in [4.78, 5) is 10.2. The molecule has 0 aliphatic heterocycles. The van der Waals surface area contributed by atoms with Crippen molar-refractivity contribution in [3.05, 3.63) is 17.7 Å². The fourth-order valence-electron chi connectivity index (χ4n) is 2.08. The van der Waals surface area contributed by atoms with Gasteiger partial charge in [0.15, 0.2) is 11.5 Å². The van der Waals surface area contributed by atoms with E-state index in [0.717, 1.165) is 5.56 Å². The van der Waals surface area contributed by atoms with E-state index in [1.54, 1.807) is 7.11 Å². The molecule has 0 atom stereocenters. The number of benzene rings is 1. The molecule has 0 spiro atoms. The molecule has 0 N–H and O–H groups in total. The highest BCUT2D eigenvalue weighted by atomic mass is 16.5. The summed E-state index contributed by atoms with van der Waals surface area (Å²) < 4.78 is 27.9. The van der Waals surface area contributed by atoms with Gasteiger partial charge in [0.1, 0.15) is 18.6 Å². The van der Waals surface area contributed by atoms with Gasteiger partial charge < -0.3 is 28.5 Å². The first-order chi connectivity index (χ1) is 11.5. The van der Waals surface area contributed by atoms with Gasteiger partial charge in [-0.1, -0.05) is 0 Å². The van der Waals surface area contributed by atoms with Gasteiger partial charge in [0.25, 0.3) is 0 Å². The molecule has 0 aliphatic rings. The van der Waals surface area contributed by atoms with Gasteiger partial charge >= 0.3 is 0 Å². The lowest BCUT2D eigenvalue weighted by Crippen LogP contribution is -2.12. The van der Waals surface area contributed by atoms with Crippen LogP contribution in [0.5, 0.6) is 17.2 Å². The van der Waals surface area contributed by atoms with Gasteiger partial charge in [0, 0.05) is 0 Å². The number of hydrogen-bond acceptors (Lipinski definition) is 6. The summed E-state index contributed by atoms with van der Waals surface area (Å²) >= 11 is 0. The molecule has 0 saturated carbocycles. The molecule has 1 aromatic carbocycles. The lowest BCUT2D eigenvalue weighted by atomic mass is 10.1. The maximum absolute atomic E-state index is 10.2. The number of hydrogen-bond donors (Lipinski definition) is 0. The zero-order chi connectivity index (χ0) is 17.9. The summed E-state index contributed by atoms with van der Waals surface area (Å²) in [6.07, 6.45) is 0.771. The first-order valence-corrected chi connectivity index (χ1v) is 8.11. The largest absolute Gasteiger partial charge is 0.492 e. The van der Waals surface area contributed by atoms with E-state index >= 15 is 0 Å². The molecule has 0 aromatic heterocycles. The van der Waals surface area contributed by atoms with Crippen molar-refractivity contribution in [2.75, 3.05) is 26.9 Å². The molecule has 136 valence electrons. The standard InChI is InChI=1S/C18H28O6/c1-13(2)23-16-6-7-17(24-14(3)4)18(20-5)15(16)12-22-11-10-21-9-8-19/h6-8,13-14H,9-12H2,1-5H3. The SMILES string of the molecule is COc1c(OC(C)C)ccc(OC(C)C)c1COCCOCC=O. The van der Waals surface area contributed by atoms with Crippen molar-refractivity contribution in [3.8, 4) is 17.2 Å². The first kappa shape index (κ1) is 20.3. The number of carbonyl (C=O) groups is 1. The molecule has 0 fully saturated rings. The summed E-state index contributed by atoms with van der Waals surface area (Å²) in [6.45, 7) is 8.93. The van der Waals surface area contributed by atoms with Crippen LogP contribution < -0.4 is 14.2 Å². The molecule has 0 radical (unpaired) electrons. The van der Waals surface area contributed by atoms with Crippen molar-refractivity contribution in [2.24, 2.45) is 0 Å². The predicted molar refractivity (Wildman–Crippen MR) is 91.1 cm³/mol. The van der Waals surface area contributed by atoms with E-state index in [2.05, 4.69) is 0 Å². The van der Waals surface area contributed by atoms with Crippen LogP contribution in [0.15, 0.2) is 12.1 Å². The Kier molecular flexibility index (Phi) is 9.19. The topological polar surface area (TPSA) is 63.2 Å². The Labute approximate surface area is 144 Å². The highest BCUT2D eigenvalue weighted by Crippen LogP contribution is 2.39. The minimum Gasteiger partial charge on any atom is -0.492 e. The smallest absolute Gasteiger partial charge is 0.169 e. The highest BCUT2D eigenvalue weighted by molar-refractivity contribution is 5.54. The van der Waals surface area contributed by atoms with E-state index in [-0.39, 0.29) is 18.8 Å². The van der Waals surface area contributed by atoms with Crippen LogP contribution in [0.3, 0.4) is 0 Å². The molecule has 0 aliphatic carbocycles. The lowest BCUT2D eigenvalue weighted by molar-refractivity contribution is -0.112. The minimum absolute atomic E-state index is 0.0289. The van der Waals surface area contributed by atoms with Crippen molar-refractivity contribution < 1.29 is 28.5 Å². The van der Waals surface area contributed by atoms with Crippen LogP contribution in [0, 0.1) is 0 Å². The van der Waals surface area contributed by atoms with E-state index in [0.29, 0.717) is 43.4 Å². The van der Waals surface area contributed by atoms with Crippen molar-refractivity contribution in [1.29, 1.82) is 0 Å². The molecule has 24 heavy (non-hydrogen) atoms. The van der Waals surface area contributed by atoms with E-state index in [4.69, 9.17) is 23.7 Å². The predicted octanol–water partition coefficient (Wildman–Crippen LogP) is 3.00. The van der Waals surface area contributed by atoms with Crippen LogP contribution in [-0.4, -0.2) is 45.4 Å². The van der Waals surface area contributed by atoms with Crippen molar-refractivity contribution >= 4 is 6.29 Å². The number of methoxy groups -OCH3 is 1. The van der Waals surface area contributed by atoms with Crippen LogP contribution in [0.2, 0.25) is 0 Å². The molecule has 1 rings (SSSR count). The van der Waals surface area contributed by atoms with Gasteiger partial charge in [-0.25, -0.2) is 0 Å². The Morgan fingerprint density at radius 3 is 2.12 bits per heavy atom. The van der Waals surface area contributed by atoms with E-state index in [1.165, 1.54) is 0 Å². The van der Waals surface area contributed by atoms with Crippen molar-refractivity contribution in [1.82, 2.24) is 0 Å². The Hall–Kier alpha value is -1.79. The second-order valence-electron chi connectivity index (χ2n) is 5.70. The zero-order valence-corrected chi connectivity index (χ0v) is 15.2. The maximum atomic E-state index is 10.2. The van der Waals surface area contributed by atoms with Gasteiger partial charge in [-0.15, -0.1) is 0 Å². The molecule has 0 saturated heterocycles. The Bertz CT molecular complexity index is 499. The zero-order valence-electron chi connectivity index (χ0n) is 15.2. The fraction of sp³-hybridized carbons (Fsp3) is 0.611. The van der Waals surface area contributed by atoms with Crippen molar-refractivity contribution in [3.63, 3.8) is 0 Å². The molecule has 1 aromatic rings. The molecular formula is C18H28O6. The molecule has 0 bridgehead atoms. The molecule has 0 unspecified atom stereocenters. The van der Waals surface area contributed by atoms with Gasteiger partial charge in [0.2, 0.25) is 0 Å². The Morgan fingerprint density at radius 1 is 0.958 bits per heavy atom. The first-order valence-electron chi connectivity index (χ1n) is 8.11. The molecular weight excluding hydrogens is 312 g/mol. The average Bonchev–Trinajstić information content (AvgIpc) is 2.51. The molecule has 6 heteroatoms. The number of carbonyl (C=O) groups excluding carboxylic acids is 1. The second-order valence-corrected chi connectivity index (χ2v) is 5.70. The number of rotatable bonds is 12. The van der Waals surface area contributed by atoms with Crippen LogP contribution >= 0.6 is 0 Å². The van der Waals surface area contributed by atoms with Crippen molar-refractivity contribution in [2.45, 2.75) is 46.5 Å². The monoisotopic (exact) mass is 340 g/mol. The van der Waals surface area contributed by atoms with Crippen LogP contribution in [0.4, 0.5) is 0 Å². The van der Waals surface area contributed by atoms with E-state index in [1.807, 2.05) is 39.8 Å². The Morgan fingerprint density at radius 2 is 1.54 bits per heavy atom. The highest BCUT2D eigenvalue weighted by Gasteiger charge is 2.18. The van der Waals surface area contributed by atoms with Gasteiger partial charge in [-0.3, -0.25) is 0 Å². The van der Waals surface area contributed by atoms with Crippen LogP contribution in [0.25, 0.3) is 0 Å². The summed E-state index contributed by atoms with van der Waals surface area (Å²) in [5.74, 6) is 1.96. The molecule has 6 nitrogen and oxygen atoms in total. The fourth-order valence-corrected chi connectivity index (χ4v) is 2.08. The third kappa shape index (κ3) is 6.76. The maximum Gasteiger partial charge on any atom is 0.169 e. The van der Waals surface area contributed by atoms with E-state index < -0.39 is 0 Å². The summed E-state index contributed by atoms with van der Waals surface area (Å²) in [5.41, 5.74) is 0.791. The third-order valence-corrected chi connectivity index (χ3v) is 2.92. The van der Waals surface area contributed by atoms with Crippen LogP contribution in [-0.2, 0) is 20.9 Å². The molecule has 0 heterocycles. The van der Waals surface area contributed by atoms with Gasteiger partial charge in [0.05, 0.1) is 44.7 Å². The van der Waals surface area contributed by atoms with E-state index in [9.17, 15) is 4.79 Å². The summed E-state index contributed by atoms with van der Waals surface area (Å²) in [7, 11) is 1.60. The summed E-state index contributed by atoms with van der Waals surface area (Å²) in [5, 5.41) is 0. The van der Waals surface area contributed by atoms with Gasteiger partial charge in [-0.05, 0) is 39.8 Å². The normalized spacial score (nSPS) is 11.0. The third-order valence-electron chi connectivity index (χ3n) is 2.92. The average molecular weight is 340 g/mol. The number of ether oxygens (including phenoxy) is 5. The lowest BCUT2D eigenvalue weighted by Gasteiger charge is -2.21. The summed E-state index contributed by atoms with van der Waals surface area (Å²) in [6, 6.07) is 3.70. The quantitative estimate of drug-likeness (QED) is 0.430. The number of aldehydes is 1. The van der Waals surface area contributed by atoms with Gasteiger partial charge in [-0.2, -0.15) is 0 Å². The minimum atomic E-state index is 0.0289. The molecule has 0 amide bonds. The Balaban J connectivity index is 2.90.